The van der Waals surface area contributed by atoms with Gasteiger partial charge in [-0.3, -0.25) is 4.79 Å². The van der Waals surface area contributed by atoms with Crippen molar-refractivity contribution in [3.63, 3.8) is 0 Å². The summed E-state index contributed by atoms with van der Waals surface area (Å²) in [7, 11) is 0. The first-order valence-corrected chi connectivity index (χ1v) is 6.75. The number of aliphatic carboxylic acids is 1. The predicted octanol–water partition coefficient (Wildman–Crippen LogP) is 3.02. The van der Waals surface area contributed by atoms with E-state index >= 15 is 0 Å². The molecule has 0 heterocycles. The molecule has 1 aromatic carbocycles. The van der Waals surface area contributed by atoms with Crippen LogP contribution in [0.3, 0.4) is 0 Å². The molecule has 1 rings (SSSR count). The van der Waals surface area contributed by atoms with Crippen LogP contribution in [0.2, 0.25) is 0 Å². The highest BCUT2D eigenvalue weighted by molar-refractivity contribution is 5.94. The Bertz CT molecular complexity index is 491. The van der Waals surface area contributed by atoms with Gasteiger partial charge in [0, 0.05) is 12.2 Å². The monoisotopic (exact) mass is 275 g/mol. The summed E-state index contributed by atoms with van der Waals surface area (Å²) in [6, 6.07) is 7.96. The zero-order valence-corrected chi connectivity index (χ0v) is 12.1. The lowest BCUT2D eigenvalue weighted by atomic mass is 9.96. The van der Waals surface area contributed by atoms with Gasteiger partial charge in [0.15, 0.2) is 0 Å². The number of carboxylic acids is 1. The van der Waals surface area contributed by atoms with Crippen molar-refractivity contribution in [2.24, 2.45) is 0 Å². The van der Waals surface area contributed by atoms with E-state index in [-0.39, 0.29) is 6.04 Å². The largest absolute Gasteiger partial charge is 0.478 e. The lowest BCUT2D eigenvalue weighted by Crippen LogP contribution is -2.24. The molecule has 0 radical (unpaired) electrons. The number of hydrogen-bond acceptors (Lipinski definition) is 2. The number of carboxylic acid groups (broad SMARTS) is 1. The van der Waals surface area contributed by atoms with Crippen molar-refractivity contribution in [2.45, 2.75) is 39.2 Å². The Hall–Kier alpha value is -2.10. The minimum absolute atomic E-state index is 0.160. The molecule has 1 amide bonds. The van der Waals surface area contributed by atoms with E-state index in [0.29, 0.717) is 5.92 Å². The average Bonchev–Trinajstić information content (AvgIpc) is 2.44. The Labute approximate surface area is 119 Å². The molecule has 20 heavy (non-hydrogen) atoms. The Morgan fingerprint density at radius 1 is 1.15 bits per heavy atom. The first-order valence-electron chi connectivity index (χ1n) is 6.75. The molecule has 0 fully saturated rings. The highest BCUT2D eigenvalue weighted by atomic mass is 16.4. The van der Waals surface area contributed by atoms with Crippen LogP contribution >= 0.6 is 0 Å². The summed E-state index contributed by atoms with van der Waals surface area (Å²) in [6.45, 7) is 6.19. The maximum atomic E-state index is 11.5. The minimum atomic E-state index is -1.13. The van der Waals surface area contributed by atoms with Crippen LogP contribution in [0.15, 0.2) is 36.4 Å². The first-order chi connectivity index (χ1) is 9.43. The Morgan fingerprint density at radius 3 is 2.20 bits per heavy atom. The topological polar surface area (TPSA) is 66.4 Å². The van der Waals surface area contributed by atoms with Gasteiger partial charge in [0.2, 0.25) is 5.91 Å². The van der Waals surface area contributed by atoms with Crippen LogP contribution in [0.1, 0.15) is 50.3 Å². The second-order valence-corrected chi connectivity index (χ2v) is 4.88. The molecule has 4 nitrogen and oxygen atoms in total. The summed E-state index contributed by atoms with van der Waals surface area (Å²) in [5, 5.41) is 11.2. The average molecular weight is 275 g/mol. The van der Waals surface area contributed by atoms with Gasteiger partial charge in [-0.1, -0.05) is 38.1 Å². The SMILES string of the molecule is CC[C@@H](C)c1ccc([C@H](C)NC(=O)/C=C\C(=O)O)cc1. The van der Waals surface area contributed by atoms with Crippen LogP contribution in [-0.4, -0.2) is 17.0 Å². The Balaban J connectivity index is 2.66. The van der Waals surface area contributed by atoms with E-state index < -0.39 is 11.9 Å². The third-order valence-electron chi connectivity index (χ3n) is 3.35. The summed E-state index contributed by atoms with van der Waals surface area (Å²) in [5.74, 6) is -1.02. The Morgan fingerprint density at radius 2 is 1.70 bits per heavy atom. The molecule has 0 aliphatic heterocycles. The molecular weight excluding hydrogens is 254 g/mol. The van der Waals surface area contributed by atoms with Gasteiger partial charge in [0.1, 0.15) is 0 Å². The number of amides is 1. The van der Waals surface area contributed by atoms with Gasteiger partial charge in [0.25, 0.3) is 0 Å². The van der Waals surface area contributed by atoms with E-state index in [1.54, 1.807) is 0 Å². The molecule has 0 saturated carbocycles. The normalized spacial score (nSPS) is 13.9. The number of rotatable bonds is 6. The van der Waals surface area contributed by atoms with E-state index in [1.165, 1.54) is 5.56 Å². The minimum Gasteiger partial charge on any atom is -0.478 e. The molecule has 0 saturated heterocycles. The zero-order chi connectivity index (χ0) is 15.1. The van der Waals surface area contributed by atoms with E-state index in [4.69, 9.17) is 5.11 Å². The maximum absolute atomic E-state index is 11.5. The standard InChI is InChI=1S/C16H21NO3/c1-4-11(2)13-5-7-14(8-6-13)12(3)17-15(18)9-10-16(19)20/h5-12H,4H2,1-3H3,(H,17,18)(H,19,20)/b10-9-/t11-,12+/m1/s1. The summed E-state index contributed by atoms with van der Waals surface area (Å²) in [4.78, 5) is 21.8. The fourth-order valence-corrected chi connectivity index (χ4v) is 1.84. The molecule has 1 aromatic rings. The van der Waals surface area contributed by atoms with Gasteiger partial charge in [-0.15, -0.1) is 0 Å². The number of benzene rings is 1. The maximum Gasteiger partial charge on any atom is 0.328 e. The van der Waals surface area contributed by atoms with Gasteiger partial charge in [-0.25, -0.2) is 4.79 Å². The van der Waals surface area contributed by atoms with Crippen LogP contribution in [0, 0.1) is 0 Å². The summed E-state index contributed by atoms with van der Waals surface area (Å²) < 4.78 is 0. The quantitative estimate of drug-likeness (QED) is 0.784. The molecule has 108 valence electrons. The van der Waals surface area contributed by atoms with Crippen LogP contribution in [0.5, 0.6) is 0 Å². The number of carbonyl (C=O) groups excluding carboxylic acids is 1. The predicted molar refractivity (Wildman–Crippen MR) is 78.5 cm³/mol. The van der Waals surface area contributed by atoms with Gasteiger partial charge in [-0.05, 0) is 30.4 Å². The van der Waals surface area contributed by atoms with E-state index in [0.717, 1.165) is 24.1 Å². The third kappa shape index (κ3) is 4.88. The molecule has 0 aromatic heterocycles. The van der Waals surface area contributed by atoms with Crippen LogP contribution in [-0.2, 0) is 9.59 Å². The number of hydrogen-bond donors (Lipinski definition) is 2. The van der Waals surface area contributed by atoms with Crippen LogP contribution in [0.4, 0.5) is 0 Å². The van der Waals surface area contributed by atoms with Gasteiger partial charge in [-0.2, -0.15) is 0 Å². The van der Waals surface area contributed by atoms with Crippen LogP contribution in [0.25, 0.3) is 0 Å². The molecule has 0 bridgehead atoms. The Kier molecular flexibility index (Phi) is 5.97. The van der Waals surface area contributed by atoms with Crippen molar-refractivity contribution in [3.8, 4) is 0 Å². The number of nitrogens with one attached hydrogen (secondary N) is 1. The second-order valence-electron chi connectivity index (χ2n) is 4.88. The smallest absolute Gasteiger partial charge is 0.328 e. The van der Waals surface area contributed by atoms with Crippen molar-refractivity contribution in [1.29, 1.82) is 0 Å². The van der Waals surface area contributed by atoms with Crippen molar-refractivity contribution >= 4 is 11.9 Å². The summed E-state index contributed by atoms with van der Waals surface area (Å²) in [6.07, 6.45) is 2.94. The summed E-state index contributed by atoms with van der Waals surface area (Å²) >= 11 is 0. The molecule has 2 atom stereocenters. The molecule has 2 N–H and O–H groups in total. The lowest BCUT2D eigenvalue weighted by Gasteiger charge is -2.15. The highest BCUT2D eigenvalue weighted by Crippen LogP contribution is 2.21. The second kappa shape index (κ2) is 7.48. The first kappa shape index (κ1) is 16.0. The third-order valence-corrected chi connectivity index (χ3v) is 3.35. The fraction of sp³-hybridized carbons (Fsp3) is 0.375. The molecule has 4 heteroatoms. The molecule has 0 spiro atoms. The molecule has 0 aliphatic rings. The van der Waals surface area contributed by atoms with E-state index in [2.05, 4.69) is 31.3 Å². The van der Waals surface area contributed by atoms with Crippen molar-refractivity contribution in [1.82, 2.24) is 5.32 Å². The van der Waals surface area contributed by atoms with Crippen LogP contribution < -0.4 is 5.32 Å². The van der Waals surface area contributed by atoms with Crippen molar-refractivity contribution in [3.05, 3.63) is 47.5 Å². The van der Waals surface area contributed by atoms with Gasteiger partial charge >= 0.3 is 5.97 Å². The summed E-state index contributed by atoms with van der Waals surface area (Å²) in [5.41, 5.74) is 2.27. The van der Waals surface area contributed by atoms with Crippen molar-refractivity contribution in [2.75, 3.05) is 0 Å². The van der Waals surface area contributed by atoms with E-state index in [1.807, 2.05) is 19.1 Å². The molecular formula is C16H21NO3. The molecule has 0 aliphatic carbocycles. The van der Waals surface area contributed by atoms with Gasteiger partial charge in [0.05, 0.1) is 6.04 Å². The van der Waals surface area contributed by atoms with Gasteiger partial charge < -0.3 is 10.4 Å². The van der Waals surface area contributed by atoms with Crippen molar-refractivity contribution < 1.29 is 14.7 Å². The zero-order valence-electron chi connectivity index (χ0n) is 12.1. The highest BCUT2D eigenvalue weighted by Gasteiger charge is 2.09. The molecule has 0 unspecified atom stereocenters. The fourth-order valence-electron chi connectivity index (χ4n) is 1.84. The lowest BCUT2D eigenvalue weighted by molar-refractivity contribution is -0.131. The number of carbonyl (C=O) groups is 2. The van der Waals surface area contributed by atoms with E-state index in [9.17, 15) is 9.59 Å².